The van der Waals surface area contributed by atoms with Crippen LogP contribution in [0.3, 0.4) is 0 Å². The second-order valence-electron chi connectivity index (χ2n) is 7.53. The largest absolute Gasteiger partial charge is 0.372 e. The lowest BCUT2D eigenvalue weighted by atomic mass is 10.1. The molecule has 2 aromatic heterocycles. The summed E-state index contributed by atoms with van der Waals surface area (Å²) in [7, 11) is 0. The lowest BCUT2D eigenvalue weighted by Crippen LogP contribution is -2.26. The van der Waals surface area contributed by atoms with Gasteiger partial charge in [-0.05, 0) is 25.5 Å². The summed E-state index contributed by atoms with van der Waals surface area (Å²) in [6.45, 7) is 5.81. The van der Waals surface area contributed by atoms with E-state index in [4.69, 9.17) is 20.4 Å². The van der Waals surface area contributed by atoms with Gasteiger partial charge in [-0.3, -0.25) is 4.79 Å². The Labute approximate surface area is 183 Å². The van der Waals surface area contributed by atoms with E-state index in [0.717, 1.165) is 47.4 Å². The molecule has 0 radical (unpaired) electrons. The number of benzene rings is 1. The zero-order valence-electron chi connectivity index (χ0n) is 18.3. The van der Waals surface area contributed by atoms with Crippen LogP contribution in [0.4, 0.5) is 5.82 Å². The van der Waals surface area contributed by atoms with E-state index in [2.05, 4.69) is 22.5 Å². The third-order valence-corrected chi connectivity index (χ3v) is 4.94. The molecule has 3 rings (SSSR count). The molecule has 1 aromatic carbocycles. The number of nitrogens with one attached hydrogen (secondary N) is 3. The minimum Gasteiger partial charge on any atom is -0.372 e. The summed E-state index contributed by atoms with van der Waals surface area (Å²) in [5.41, 5.74) is 8.35. The summed E-state index contributed by atoms with van der Waals surface area (Å²) in [6, 6.07) is 11.9. The molecule has 166 valence electrons. The first-order valence-corrected chi connectivity index (χ1v) is 10.9. The fourth-order valence-electron chi connectivity index (χ4n) is 3.44. The first kappa shape index (κ1) is 22.7. The standard InChI is InChI=1S/C23H32N6O2/c1-3-7-19(10-11-24)31-15-18-14-20-22(26-13-12-25-16(2)30)28-21(29-23(20)27-18)17-8-5-4-6-9-17/h4-6,8-9,14,19H,3,7,10-13,15,24H2,1-2H3,(H,25,30)(H2,26,27,28,29). The lowest BCUT2D eigenvalue weighted by molar-refractivity contribution is -0.118. The fourth-order valence-corrected chi connectivity index (χ4v) is 3.44. The molecule has 3 aromatic rings. The summed E-state index contributed by atoms with van der Waals surface area (Å²) in [5.74, 6) is 1.31. The molecule has 1 atom stereocenters. The Morgan fingerprint density at radius 2 is 2.00 bits per heavy atom. The van der Waals surface area contributed by atoms with Crippen LogP contribution in [0.15, 0.2) is 36.4 Å². The zero-order valence-corrected chi connectivity index (χ0v) is 18.3. The van der Waals surface area contributed by atoms with E-state index in [0.29, 0.717) is 32.1 Å². The number of rotatable bonds is 12. The van der Waals surface area contributed by atoms with Gasteiger partial charge in [0.25, 0.3) is 0 Å². The third kappa shape index (κ3) is 6.50. The first-order valence-electron chi connectivity index (χ1n) is 10.9. The Balaban J connectivity index is 1.84. The van der Waals surface area contributed by atoms with Gasteiger partial charge < -0.3 is 26.1 Å². The van der Waals surface area contributed by atoms with Gasteiger partial charge in [0.1, 0.15) is 11.5 Å². The van der Waals surface area contributed by atoms with Gasteiger partial charge in [-0.25, -0.2) is 9.97 Å². The number of hydrogen-bond acceptors (Lipinski definition) is 6. The third-order valence-electron chi connectivity index (χ3n) is 4.94. The molecule has 0 aliphatic carbocycles. The number of carbonyl (C=O) groups is 1. The Bertz CT molecular complexity index is 967. The van der Waals surface area contributed by atoms with Gasteiger partial charge in [-0.1, -0.05) is 43.7 Å². The molecule has 1 unspecified atom stereocenters. The normalized spacial score (nSPS) is 12.1. The van der Waals surface area contributed by atoms with Gasteiger partial charge in [0.15, 0.2) is 5.82 Å². The molecule has 31 heavy (non-hydrogen) atoms. The van der Waals surface area contributed by atoms with Crippen LogP contribution in [-0.4, -0.2) is 46.6 Å². The number of nitrogens with two attached hydrogens (primary N) is 1. The summed E-state index contributed by atoms with van der Waals surface area (Å²) >= 11 is 0. The summed E-state index contributed by atoms with van der Waals surface area (Å²) in [6.07, 6.45) is 3.06. The highest BCUT2D eigenvalue weighted by Crippen LogP contribution is 2.26. The van der Waals surface area contributed by atoms with Gasteiger partial charge in [0.05, 0.1) is 18.1 Å². The summed E-state index contributed by atoms with van der Waals surface area (Å²) in [4.78, 5) is 24.0. The minimum absolute atomic E-state index is 0.0557. The molecule has 2 heterocycles. The van der Waals surface area contributed by atoms with E-state index in [1.165, 1.54) is 6.92 Å². The summed E-state index contributed by atoms with van der Waals surface area (Å²) < 4.78 is 6.09. The van der Waals surface area contributed by atoms with Crippen LogP contribution in [0.25, 0.3) is 22.4 Å². The molecular formula is C23H32N6O2. The van der Waals surface area contributed by atoms with Gasteiger partial charge in [0, 0.05) is 31.3 Å². The second kappa shape index (κ2) is 11.4. The molecule has 1 amide bonds. The zero-order chi connectivity index (χ0) is 22.1. The van der Waals surface area contributed by atoms with Crippen molar-refractivity contribution in [3.05, 3.63) is 42.1 Å². The number of amides is 1. The number of aromatic nitrogens is 3. The number of ether oxygens (including phenoxy) is 1. The quantitative estimate of drug-likeness (QED) is 0.332. The first-order chi connectivity index (χ1) is 15.1. The van der Waals surface area contributed by atoms with Crippen molar-refractivity contribution in [2.24, 2.45) is 5.73 Å². The van der Waals surface area contributed by atoms with Crippen LogP contribution in [0, 0.1) is 0 Å². The average Bonchev–Trinajstić information content (AvgIpc) is 3.19. The van der Waals surface area contributed by atoms with Crippen molar-refractivity contribution < 1.29 is 9.53 Å². The number of nitrogens with zero attached hydrogens (tertiary/aromatic N) is 2. The van der Waals surface area contributed by atoms with E-state index in [1.807, 2.05) is 36.4 Å². The van der Waals surface area contributed by atoms with E-state index in [9.17, 15) is 4.79 Å². The van der Waals surface area contributed by atoms with Gasteiger partial charge in [0.2, 0.25) is 5.91 Å². The lowest BCUT2D eigenvalue weighted by Gasteiger charge is -2.15. The number of H-pyrrole nitrogens is 1. The fraction of sp³-hybridized carbons (Fsp3) is 0.435. The molecule has 0 aliphatic rings. The molecule has 5 N–H and O–H groups in total. The molecule has 0 saturated heterocycles. The predicted octanol–water partition coefficient (Wildman–Crippen LogP) is 3.21. The molecule has 0 bridgehead atoms. The molecule has 8 heteroatoms. The average molecular weight is 425 g/mol. The van der Waals surface area contributed by atoms with Gasteiger partial charge in [-0.2, -0.15) is 0 Å². The highest BCUT2D eigenvalue weighted by molar-refractivity contribution is 5.89. The smallest absolute Gasteiger partial charge is 0.216 e. The summed E-state index contributed by atoms with van der Waals surface area (Å²) in [5, 5.41) is 7.01. The maximum Gasteiger partial charge on any atom is 0.216 e. The highest BCUT2D eigenvalue weighted by Gasteiger charge is 2.14. The molecule has 8 nitrogen and oxygen atoms in total. The van der Waals surface area contributed by atoms with Crippen molar-refractivity contribution in [3.63, 3.8) is 0 Å². The number of hydrogen-bond donors (Lipinski definition) is 4. The Hall–Kier alpha value is -2.97. The monoisotopic (exact) mass is 424 g/mol. The Kier molecular flexibility index (Phi) is 8.37. The topological polar surface area (TPSA) is 118 Å². The van der Waals surface area contributed by atoms with Gasteiger partial charge >= 0.3 is 0 Å². The Morgan fingerprint density at radius 1 is 1.19 bits per heavy atom. The minimum atomic E-state index is -0.0557. The molecule has 0 aliphatic heterocycles. The van der Waals surface area contributed by atoms with Crippen molar-refractivity contribution in [3.8, 4) is 11.4 Å². The van der Waals surface area contributed by atoms with Crippen molar-refractivity contribution >= 4 is 22.8 Å². The van der Waals surface area contributed by atoms with E-state index < -0.39 is 0 Å². The maximum atomic E-state index is 11.1. The number of carbonyl (C=O) groups excluding carboxylic acids is 1. The highest BCUT2D eigenvalue weighted by atomic mass is 16.5. The molecular weight excluding hydrogens is 392 g/mol. The number of anilines is 1. The van der Waals surface area contributed by atoms with Crippen LogP contribution >= 0.6 is 0 Å². The van der Waals surface area contributed by atoms with Gasteiger partial charge in [-0.15, -0.1) is 0 Å². The van der Waals surface area contributed by atoms with E-state index >= 15 is 0 Å². The second-order valence-corrected chi connectivity index (χ2v) is 7.53. The number of aromatic amines is 1. The molecule has 0 spiro atoms. The van der Waals surface area contributed by atoms with Crippen LogP contribution in [-0.2, 0) is 16.1 Å². The van der Waals surface area contributed by atoms with Crippen LogP contribution in [0.1, 0.15) is 38.8 Å². The van der Waals surface area contributed by atoms with E-state index in [1.54, 1.807) is 0 Å². The SMILES string of the molecule is CCCC(CCN)OCc1cc2c(NCCNC(C)=O)nc(-c3ccccc3)nc2[nH]1. The van der Waals surface area contributed by atoms with Crippen LogP contribution < -0.4 is 16.4 Å². The van der Waals surface area contributed by atoms with E-state index in [-0.39, 0.29) is 12.0 Å². The predicted molar refractivity (Wildman–Crippen MR) is 124 cm³/mol. The van der Waals surface area contributed by atoms with Crippen molar-refractivity contribution in [1.29, 1.82) is 0 Å². The number of fused-ring (bicyclic) bond motifs is 1. The maximum absolute atomic E-state index is 11.1. The van der Waals surface area contributed by atoms with Crippen molar-refractivity contribution in [2.75, 3.05) is 25.0 Å². The molecule has 0 fully saturated rings. The van der Waals surface area contributed by atoms with Crippen LogP contribution in [0.5, 0.6) is 0 Å². The molecule has 0 saturated carbocycles. The van der Waals surface area contributed by atoms with Crippen molar-refractivity contribution in [1.82, 2.24) is 20.3 Å². The van der Waals surface area contributed by atoms with Crippen LogP contribution in [0.2, 0.25) is 0 Å². The Morgan fingerprint density at radius 3 is 2.71 bits per heavy atom. The van der Waals surface area contributed by atoms with Crippen molar-refractivity contribution in [2.45, 2.75) is 45.8 Å².